The zero-order valence-corrected chi connectivity index (χ0v) is 15.4. The van der Waals surface area contributed by atoms with Crippen LogP contribution in [-0.4, -0.2) is 34.3 Å². The molecule has 0 amide bonds. The minimum atomic E-state index is 0.580. The number of aryl methyl sites for hydroxylation is 2. The summed E-state index contributed by atoms with van der Waals surface area (Å²) in [6, 6.07) is 5.60. The molecule has 0 saturated heterocycles. The maximum absolute atomic E-state index is 6.18. The molecule has 1 aromatic carbocycles. The van der Waals surface area contributed by atoms with Crippen molar-refractivity contribution < 1.29 is 0 Å². The van der Waals surface area contributed by atoms with Gasteiger partial charge in [-0.25, -0.2) is 0 Å². The second kappa shape index (κ2) is 9.49. The van der Waals surface area contributed by atoms with Crippen molar-refractivity contribution in [2.24, 2.45) is 4.99 Å². The van der Waals surface area contributed by atoms with Crippen molar-refractivity contribution in [3.63, 3.8) is 0 Å². The van der Waals surface area contributed by atoms with E-state index < -0.39 is 0 Å². The monoisotopic (exact) mass is 368 g/mol. The summed E-state index contributed by atoms with van der Waals surface area (Å²) in [5.74, 6) is 1.62. The number of hydrogen-bond acceptors (Lipinski definition) is 3. The Balaban J connectivity index is 1.74. The molecule has 0 aliphatic rings. The quantitative estimate of drug-likeness (QED) is 0.447. The van der Waals surface area contributed by atoms with Gasteiger partial charge in [0.15, 0.2) is 11.8 Å². The maximum atomic E-state index is 6.18. The van der Waals surface area contributed by atoms with Crippen molar-refractivity contribution in [1.82, 2.24) is 25.4 Å². The van der Waals surface area contributed by atoms with Gasteiger partial charge in [0.05, 0.1) is 6.54 Å². The van der Waals surface area contributed by atoms with Gasteiger partial charge >= 0.3 is 0 Å². The molecule has 2 aromatic rings. The van der Waals surface area contributed by atoms with Gasteiger partial charge in [0.25, 0.3) is 0 Å². The van der Waals surface area contributed by atoms with E-state index >= 15 is 0 Å². The number of halogens is 2. The van der Waals surface area contributed by atoms with E-state index in [1.165, 1.54) is 0 Å². The summed E-state index contributed by atoms with van der Waals surface area (Å²) in [7, 11) is 1.75. The number of aromatic nitrogens is 3. The van der Waals surface area contributed by atoms with Crippen LogP contribution >= 0.6 is 23.2 Å². The smallest absolute Gasteiger partial charge is 0.191 e. The van der Waals surface area contributed by atoms with Gasteiger partial charge in [-0.05, 0) is 37.5 Å². The first-order valence-corrected chi connectivity index (χ1v) is 8.64. The third-order valence-electron chi connectivity index (χ3n) is 3.60. The second-order valence-electron chi connectivity index (χ2n) is 5.23. The molecule has 0 saturated carbocycles. The van der Waals surface area contributed by atoms with Crippen LogP contribution in [0.15, 0.2) is 29.5 Å². The molecule has 24 heavy (non-hydrogen) atoms. The van der Waals surface area contributed by atoms with Crippen molar-refractivity contribution in [1.29, 1.82) is 0 Å². The molecule has 0 radical (unpaired) electrons. The Labute approximate surface area is 152 Å². The van der Waals surface area contributed by atoms with Gasteiger partial charge in [0, 0.05) is 30.2 Å². The van der Waals surface area contributed by atoms with E-state index in [4.69, 9.17) is 23.2 Å². The summed E-state index contributed by atoms with van der Waals surface area (Å²) in [6.45, 7) is 4.27. The van der Waals surface area contributed by atoms with E-state index in [1.54, 1.807) is 19.4 Å². The molecule has 0 aliphatic heterocycles. The topological polar surface area (TPSA) is 67.1 Å². The summed E-state index contributed by atoms with van der Waals surface area (Å²) in [4.78, 5) is 4.21. The molecular weight excluding hydrogens is 347 g/mol. The fourth-order valence-corrected chi connectivity index (χ4v) is 2.78. The highest BCUT2D eigenvalue weighted by atomic mass is 35.5. The number of nitrogens with zero attached hydrogens (tertiary/aromatic N) is 4. The average Bonchev–Trinajstić information content (AvgIpc) is 3.03. The van der Waals surface area contributed by atoms with Gasteiger partial charge in [0.1, 0.15) is 6.33 Å². The fraction of sp³-hybridized carbons (Fsp3) is 0.438. The first-order valence-electron chi connectivity index (χ1n) is 7.89. The predicted molar refractivity (Wildman–Crippen MR) is 98.7 cm³/mol. The van der Waals surface area contributed by atoms with E-state index in [0.717, 1.165) is 43.3 Å². The van der Waals surface area contributed by atoms with E-state index in [-0.39, 0.29) is 0 Å². The Morgan fingerprint density at radius 3 is 2.83 bits per heavy atom. The van der Waals surface area contributed by atoms with Gasteiger partial charge in [-0.2, -0.15) is 0 Å². The third-order valence-corrected chi connectivity index (χ3v) is 4.19. The number of guanidine groups is 1. The number of aliphatic imine (C=N–C) groups is 1. The lowest BCUT2D eigenvalue weighted by Crippen LogP contribution is -2.38. The Morgan fingerprint density at radius 1 is 1.29 bits per heavy atom. The van der Waals surface area contributed by atoms with Crippen LogP contribution in [0.25, 0.3) is 0 Å². The van der Waals surface area contributed by atoms with Crippen LogP contribution in [0.1, 0.15) is 24.7 Å². The van der Waals surface area contributed by atoms with E-state index in [0.29, 0.717) is 16.6 Å². The molecule has 0 bridgehead atoms. The average molecular weight is 369 g/mol. The first-order chi connectivity index (χ1) is 11.6. The molecular formula is C16H22Cl2N6. The molecule has 0 atom stereocenters. The summed E-state index contributed by atoms with van der Waals surface area (Å²) in [5, 5.41) is 15.9. The standard InChI is InChI=1S/C16H22Cl2N6/c1-3-24-11-22-23-15(24)10-21-16(19-2)20-8-4-5-12-6-7-13(17)9-14(12)18/h6-7,9,11H,3-5,8,10H2,1-2H3,(H2,19,20,21). The fourth-order valence-electron chi connectivity index (χ4n) is 2.27. The number of benzene rings is 1. The van der Waals surface area contributed by atoms with Gasteiger partial charge in [-0.3, -0.25) is 4.99 Å². The van der Waals surface area contributed by atoms with Crippen LogP contribution in [0.4, 0.5) is 0 Å². The lowest BCUT2D eigenvalue weighted by atomic mass is 10.1. The first kappa shape index (κ1) is 18.5. The van der Waals surface area contributed by atoms with Crippen molar-refractivity contribution in [2.45, 2.75) is 32.9 Å². The number of nitrogens with one attached hydrogen (secondary N) is 2. The summed E-state index contributed by atoms with van der Waals surface area (Å²) >= 11 is 12.1. The van der Waals surface area contributed by atoms with Crippen LogP contribution in [0, 0.1) is 0 Å². The summed E-state index contributed by atoms with van der Waals surface area (Å²) in [6.07, 6.45) is 3.54. The molecule has 2 N–H and O–H groups in total. The Kier molecular flexibility index (Phi) is 7.34. The van der Waals surface area contributed by atoms with E-state index in [1.807, 2.05) is 16.7 Å². The minimum absolute atomic E-state index is 0.580. The van der Waals surface area contributed by atoms with Gasteiger partial charge in [0.2, 0.25) is 0 Å². The van der Waals surface area contributed by atoms with Crippen molar-refractivity contribution >= 4 is 29.2 Å². The zero-order chi connectivity index (χ0) is 17.4. The SMILES string of the molecule is CCn1cnnc1CNC(=NC)NCCCc1ccc(Cl)cc1Cl. The Hall–Kier alpha value is -1.79. The maximum Gasteiger partial charge on any atom is 0.191 e. The molecule has 0 spiro atoms. The minimum Gasteiger partial charge on any atom is -0.356 e. The predicted octanol–water partition coefficient (Wildman–Crippen LogP) is 2.90. The Bertz CT molecular complexity index is 683. The Morgan fingerprint density at radius 2 is 2.12 bits per heavy atom. The highest BCUT2D eigenvalue weighted by Gasteiger charge is 2.05. The molecule has 2 rings (SSSR count). The third kappa shape index (κ3) is 5.39. The lowest BCUT2D eigenvalue weighted by Gasteiger charge is -2.12. The molecule has 6 nitrogen and oxygen atoms in total. The van der Waals surface area contributed by atoms with Crippen LogP contribution in [0.2, 0.25) is 10.0 Å². The highest BCUT2D eigenvalue weighted by Crippen LogP contribution is 2.21. The van der Waals surface area contributed by atoms with Crippen molar-refractivity contribution in [3.8, 4) is 0 Å². The molecule has 8 heteroatoms. The zero-order valence-electron chi connectivity index (χ0n) is 13.9. The lowest BCUT2D eigenvalue weighted by molar-refractivity contribution is 0.666. The van der Waals surface area contributed by atoms with Gasteiger partial charge in [-0.1, -0.05) is 29.3 Å². The van der Waals surface area contributed by atoms with Crippen molar-refractivity contribution in [2.75, 3.05) is 13.6 Å². The van der Waals surface area contributed by atoms with Gasteiger partial charge < -0.3 is 15.2 Å². The van der Waals surface area contributed by atoms with Crippen LogP contribution in [-0.2, 0) is 19.5 Å². The van der Waals surface area contributed by atoms with Crippen LogP contribution < -0.4 is 10.6 Å². The normalized spacial score (nSPS) is 11.6. The molecule has 0 aliphatic carbocycles. The molecule has 0 fully saturated rings. The van der Waals surface area contributed by atoms with Crippen LogP contribution in [0.3, 0.4) is 0 Å². The number of rotatable bonds is 7. The number of hydrogen-bond donors (Lipinski definition) is 2. The van der Waals surface area contributed by atoms with Crippen molar-refractivity contribution in [3.05, 3.63) is 46.0 Å². The molecule has 1 aromatic heterocycles. The largest absolute Gasteiger partial charge is 0.356 e. The second-order valence-corrected chi connectivity index (χ2v) is 6.07. The van der Waals surface area contributed by atoms with E-state index in [2.05, 4.69) is 32.7 Å². The van der Waals surface area contributed by atoms with Crippen LogP contribution in [0.5, 0.6) is 0 Å². The molecule has 1 heterocycles. The molecule has 130 valence electrons. The highest BCUT2D eigenvalue weighted by molar-refractivity contribution is 6.35. The molecule has 0 unspecified atom stereocenters. The summed E-state index contributed by atoms with van der Waals surface area (Å²) in [5.41, 5.74) is 1.10. The van der Waals surface area contributed by atoms with Gasteiger partial charge in [-0.15, -0.1) is 10.2 Å². The summed E-state index contributed by atoms with van der Waals surface area (Å²) < 4.78 is 1.99. The van der Waals surface area contributed by atoms with E-state index in [9.17, 15) is 0 Å².